The number of alkyl halides is 2. The Hall–Kier alpha value is -1.42. The first-order valence-electron chi connectivity index (χ1n) is 7.45. The van der Waals surface area contributed by atoms with Crippen molar-refractivity contribution in [3.8, 4) is 11.5 Å². The van der Waals surface area contributed by atoms with E-state index >= 15 is 0 Å². The predicted molar refractivity (Wildman–Crippen MR) is 93.8 cm³/mol. The predicted octanol–water partition coefficient (Wildman–Crippen LogP) is 4.64. The zero-order valence-corrected chi connectivity index (χ0v) is 14.4. The minimum Gasteiger partial charge on any atom is -0.491 e. The summed E-state index contributed by atoms with van der Waals surface area (Å²) >= 11 is 11.5. The molecule has 2 rings (SSSR count). The molecule has 0 unspecified atom stereocenters. The van der Waals surface area contributed by atoms with Gasteiger partial charge in [-0.15, -0.1) is 23.2 Å². The summed E-state index contributed by atoms with van der Waals surface area (Å²) in [5, 5.41) is 0. The van der Waals surface area contributed by atoms with Crippen LogP contribution in [0.1, 0.15) is 11.1 Å². The molecule has 0 N–H and O–H groups in total. The highest BCUT2D eigenvalue weighted by Gasteiger charge is 1.97. The van der Waals surface area contributed by atoms with Crippen LogP contribution in [-0.2, 0) is 16.5 Å². The van der Waals surface area contributed by atoms with Crippen LogP contribution in [0.4, 0.5) is 0 Å². The quantitative estimate of drug-likeness (QED) is 0.459. The molecule has 0 aromatic heterocycles. The largest absolute Gasteiger partial charge is 0.491 e. The van der Waals surface area contributed by atoms with Gasteiger partial charge in [-0.05, 0) is 35.4 Å². The molecule has 0 heterocycles. The standard InChI is InChI=1S/C18H20Cl2O3/c19-13-15-1-5-17(6-2-15)22-11-9-21-10-12-23-18-7-3-16(14-20)4-8-18/h1-8H,9-14H2. The fraction of sp³-hybridized carbons (Fsp3) is 0.333. The first kappa shape index (κ1) is 17.9. The van der Waals surface area contributed by atoms with E-state index in [0.29, 0.717) is 38.2 Å². The molecule has 0 saturated heterocycles. The Morgan fingerprint density at radius 3 is 1.30 bits per heavy atom. The topological polar surface area (TPSA) is 27.7 Å². The van der Waals surface area contributed by atoms with Crippen molar-refractivity contribution in [3.63, 3.8) is 0 Å². The molecule has 124 valence electrons. The molecule has 5 heteroatoms. The lowest BCUT2D eigenvalue weighted by molar-refractivity contribution is 0.0764. The fourth-order valence-corrected chi connectivity index (χ4v) is 2.24. The summed E-state index contributed by atoms with van der Waals surface area (Å²) in [7, 11) is 0. The van der Waals surface area contributed by atoms with Crippen LogP contribution in [0.15, 0.2) is 48.5 Å². The summed E-state index contributed by atoms with van der Waals surface area (Å²) in [6.07, 6.45) is 0. The van der Waals surface area contributed by atoms with Gasteiger partial charge in [-0.3, -0.25) is 0 Å². The number of rotatable bonds is 10. The molecule has 3 nitrogen and oxygen atoms in total. The molecule has 0 aliphatic rings. The van der Waals surface area contributed by atoms with Gasteiger partial charge in [0.25, 0.3) is 0 Å². The number of hydrogen-bond acceptors (Lipinski definition) is 3. The molecule has 0 amide bonds. The van der Waals surface area contributed by atoms with Gasteiger partial charge in [0.15, 0.2) is 0 Å². The summed E-state index contributed by atoms with van der Waals surface area (Å²) in [5.41, 5.74) is 2.15. The van der Waals surface area contributed by atoms with Crippen molar-refractivity contribution in [2.75, 3.05) is 26.4 Å². The van der Waals surface area contributed by atoms with Gasteiger partial charge < -0.3 is 14.2 Å². The molecule has 2 aromatic carbocycles. The second-order valence-corrected chi connectivity index (χ2v) is 5.40. The molecule has 0 aliphatic carbocycles. The molecule has 0 fully saturated rings. The molecule has 0 atom stereocenters. The Morgan fingerprint density at radius 1 is 0.565 bits per heavy atom. The van der Waals surface area contributed by atoms with Gasteiger partial charge >= 0.3 is 0 Å². The molecule has 2 aromatic rings. The van der Waals surface area contributed by atoms with Crippen molar-refractivity contribution in [2.24, 2.45) is 0 Å². The van der Waals surface area contributed by atoms with Crippen LogP contribution in [0.2, 0.25) is 0 Å². The van der Waals surface area contributed by atoms with Crippen molar-refractivity contribution in [1.82, 2.24) is 0 Å². The first-order valence-corrected chi connectivity index (χ1v) is 8.52. The van der Waals surface area contributed by atoms with Crippen LogP contribution in [0, 0.1) is 0 Å². The van der Waals surface area contributed by atoms with Crippen molar-refractivity contribution < 1.29 is 14.2 Å². The third kappa shape index (κ3) is 6.69. The number of halogens is 2. The minimum absolute atomic E-state index is 0.505. The Labute approximate surface area is 147 Å². The number of hydrogen-bond donors (Lipinski definition) is 0. The van der Waals surface area contributed by atoms with Gasteiger partial charge in [0.1, 0.15) is 24.7 Å². The van der Waals surface area contributed by atoms with Gasteiger partial charge in [0, 0.05) is 11.8 Å². The maximum atomic E-state index is 5.74. The monoisotopic (exact) mass is 354 g/mol. The second kappa shape index (κ2) is 10.4. The van der Waals surface area contributed by atoms with Gasteiger partial charge in [0.2, 0.25) is 0 Å². The maximum Gasteiger partial charge on any atom is 0.119 e. The Kier molecular flexibility index (Phi) is 8.08. The van der Waals surface area contributed by atoms with E-state index in [2.05, 4.69) is 0 Å². The van der Waals surface area contributed by atoms with Crippen LogP contribution in [0.5, 0.6) is 11.5 Å². The number of ether oxygens (including phenoxy) is 3. The Bertz CT molecular complexity index is 504. The summed E-state index contributed by atoms with van der Waals surface area (Å²) in [6, 6.07) is 15.4. The lowest BCUT2D eigenvalue weighted by Gasteiger charge is -2.09. The van der Waals surface area contributed by atoms with Gasteiger partial charge in [-0.1, -0.05) is 24.3 Å². The summed E-state index contributed by atoms with van der Waals surface area (Å²) < 4.78 is 16.6. The Morgan fingerprint density at radius 2 is 0.957 bits per heavy atom. The van der Waals surface area contributed by atoms with E-state index in [1.165, 1.54) is 0 Å². The smallest absolute Gasteiger partial charge is 0.119 e. The lowest BCUT2D eigenvalue weighted by Crippen LogP contribution is -2.12. The number of benzene rings is 2. The highest BCUT2D eigenvalue weighted by molar-refractivity contribution is 6.17. The van der Waals surface area contributed by atoms with E-state index in [4.69, 9.17) is 37.4 Å². The van der Waals surface area contributed by atoms with E-state index in [1.54, 1.807) is 0 Å². The van der Waals surface area contributed by atoms with E-state index < -0.39 is 0 Å². The van der Waals surface area contributed by atoms with Crippen LogP contribution < -0.4 is 9.47 Å². The van der Waals surface area contributed by atoms with Crippen molar-refractivity contribution in [3.05, 3.63) is 59.7 Å². The van der Waals surface area contributed by atoms with E-state index in [1.807, 2.05) is 48.5 Å². The molecule has 0 saturated carbocycles. The van der Waals surface area contributed by atoms with Crippen LogP contribution >= 0.6 is 23.2 Å². The van der Waals surface area contributed by atoms with Gasteiger partial charge in [-0.2, -0.15) is 0 Å². The molecular formula is C18H20Cl2O3. The molecular weight excluding hydrogens is 335 g/mol. The molecule has 23 heavy (non-hydrogen) atoms. The molecule has 0 aliphatic heterocycles. The van der Waals surface area contributed by atoms with E-state index in [0.717, 1.165) is 22.6 Å². The van der Waals surface area contributed by atoms with E-state index in [-0.39, 0.29) is 0 Å². The molecule has 0 spiro atoms. The van der Waals surface area contributed by atoms with E-state index in [9.17, 15) is 0 Å². The zero-order valence-electron chi connectivity index (χ0n) is 12.8. The van der Waals surface area contributed by atoms with Crippen molar-refractivity contribution >= 4 is 23.2 Å². The minimum atomic E-state index is 0.505. The highest BCUT2D eigenvalue weighted by Crippen LogP contribution is 2.14. The Balaban J connectivity index is 1.53. The van der Waals surface area contributed by atoms with Crippen LogP contribution in [0.25, 0.3) is 0 Å². The normalized spacial score (nSPS) is 10.5. The van der Waals surface area contributed by atoms with Crippen molar-refractivity contribution in [1.29, 1.82) is 0 Å². The first-order chi connectivity index (χ1) is 11.3. The molecule has 0 radical (unpaired) electrons. The summed E-state index contributed by atoms with van der Waals surface area (Å²) in [4.78, 5) is 0. The van der Waals surface area contributed by atoms with Gasteiger partial charge in [-0.25, -0.2) is 0 Å². The average molecular weight is 355 g/mol. The second-order valence-electron chi connectivity index (χ2n) is 4.86. The SMILES string of the molecule is ClCc1ccc(OCCOCCOc2ccc(CCl)cc2)cc1. The fourth-order valence-electron chi connectivity index (χ4n) is 1.89. The van der Waals surface area contributed by atoms with Crippen LogP contribution in [-0.4, -0.2) is 26.4 Å². The van der Waals surface area contributed by atoms with Gasteiger partial charge in [0.05, 0.1) is 13.2 Å². The zero-order chi connectivity index (χ0) is 16.3. The lowest BCUT2D eigenvalue weighted by atomic mass is 10.2. The van der Waals surface area contributed by atoms with Crippen molar-refractivity contribution in [2.45, 2.75) is 11.8 Å². The average Bonchev–Trinajstić information content (AvgIpc) is 2.62. The third-order valence-electron chi connectivity index (χ3n) is 3.15. The maximum absolute atomic E-state index is 5.74. The summed E-state index contributed by atoms with van der Waals surface area (Å²) in [5.74, 6) is 2.66. The molecule has 0 bridgehead atoms. The van der Waals surface area contributed by atoms with Crippen LogP contribution in [0.3, 0.4) is 0 Å². The third-order valence-corrected chi connectivity index (χ3v) is 3.77. The highest BCUT2D eigenvalue weighted by atomic mass is 35.5. The summed E-state index contributed by atoms with van der Waals surface area (Å²) in [6.45, 7) is 2.05.